The standard InChI is InChI=1S/C25H23N3O2S/c1-3-22(29)26-25(31-19-14-8-5-9-15-19)24(30)28(2)21-17-11-10-16-20(21)23(27-25)18-12-6-4-7-13-18/h4-17H,3H2,1-2H3,(H,26,29)/t25-/m1/s1. The predicted octanol–water partition coefficient (Wildman–Crippen LogP) is 4.47. The average molecular weight is 430 g/mol. The van der Waals surface area contributed by atoms with E-state index in [1.165, 1.54) is 11.8 Å². The number of likely N-dealkylation sites (N-methyl/N-ethyl adjacent to an activating group) is 1. The number of benzodiazepines with no additional fused rings is 1. The Labute approximate surface area is 186 Å². The molecule has 1 N–H and O–H groups in total. The van der Waals surface area contributed by atoms with Gasteiger partial charge in [-0.05, 0) is 18.2 Å². The van der Waals surface area contributed by atoms with E-state index in [2.05, 4.69) is 5.32 Å². The Bertz CT molecular complexity index is 1130. The molecule has 0 aromatic heterocycles. The van der Waals surface area contributed by atoms with Gasteiger partial charge in [0.15, 0.2) is 0 Å². The molecule has 1 aliphatic rings. The summed E-state index contributed by atoms with van der Waals surface area (Å²) in [5, 5.41) is 2.93. The van der Waals surface area contributed by atoms with Gasteiger partial charge in [-0.2, -0.15) is 0 Å². The van der Waals surface area contributed by atoms with E-state index >= 15 is 0 Å². The molecule has 156 valence electrons. The summed E-state index contributed by atoms with van der Waals surface area (Å²) < 4.78 is 0. The molecular weight excluding hydrogens is 406 g/mol. The van der Waals surface area contributed by atoms with Gasteiger partial charge >= 0.3 is 0 Å². The van der Waals surface area contributed by atoms with Crippen molar-refractivity contribution >= 4 is 35.0 Å². The van der Waals surface area contributed by atoms with Crippen LogP contribution < -0.4 is 10.2 Å². The fourth-order valence-electron chi connectivity index (χ4n) is 3.49. The van der Waals surface area contributed by atoms with Gasteiger partial charge in [0, 0.05) is 29.5 Å². The third-order valence-corrected chi connectivity index (χ3v) is 6.24. The molecule has 0 saturated heterocycles. The molecular formula is C25H23N3O2S. The number of aliphatic imine (C=N–C) groups is 1. The first-order valence-electron chi connectivity index (χ1n) is 10.1. The van der Waals surface area contributed by atoms with Crippen molar-refractivity contribution in [2.45, 2.75) is 23.2 Å². The molecule has 1 heterocycles. The van der Waals surface area contributed by atoms with Gasteiger partial charge in [-0.15, -0.1) is 0 Å². The van der Waals surface area contributed by atoms with Crippen molar-refractivity contribution in [1.82, 2.24) is 5.32 Å². The van der Waals surface area contributed by atoms with Crippen LogP contribution in [-0.2, 0) is 9.59 Å². The van der Waals surface area contributed by atoms with Crippen LogP contribution in [0.3, 0.4) is 0 Å². The molecule has 0 fully saturated rings. The highest BCUT2D eigenvalue weighted by Gasteiger charge is 2.46. The summed E-state index contributed by atoms with van der Waals surface area (Å²) in [6.45, 7) is 1.76. The van der Waals surface area contributed by atoms with Gasteiger partial charge in [0.25, 0.3) is 10.9 Å². The van der Waals surface area contributed by atoms with Crippen LogP contribution in [0, 0.1) is 0 Å². The van der Waals surface area contributed by atoms with Gasteiger partial charge in [0.05, 0.1) is 11.4 Å². The number of para-hydroxylation sites is 1. The van der Waals surface area contributed by atoms with Crippen molar-refractivity contribution in [3.8, 4) is 0 Å². The van der Waals surface area contributed by atoms with Crippen LogP contribution in [0.4, 0.5) is 5.69 Å². The van der Waals surface area contributed by atoms with Crippen molar-refractivity contribution in [2.24, 2.45) is 4.99 Å². The number of carbonyl (C=O) groups excluding carboxylic acids is 2. The fraction of sp³-hybridized carbons (Fsp3) is 0.160. The number of anilines is 1. The molecule has 0 saturated carbocycles. The third-order valence-electron chi connectivity index (χ3n) is 5.07. The molecule has 6 heteroatoms. The molecule has 4 rings (SSSR count). The minimum Gasteiger partial charge on any atom is -0.315 e. The Hall–Kier alpha value is -3.38. The van der Waals surface area contributed by atoms with Crippen LogP contribution in [0.15, 0.2) is 94.8 Å². The maximum atomic E-state index is 13.8. The number of thioether (sulfide) groups is 1. The third kappa shape index (κ3) is 4.11. The highest BCUT2D eigenvalue weighted by Crippen LogP contribution is 2.39. The second-order valence-electron chi connectivity index (χ2n) is 7.17. The molecule has 2 amide bonds. The lowest BCUT2D eigenvalue weighted by molar-refractivity contribution is -0.128. The van der Waals surface area contributed by atoms with Crippen LogP contribution >= 0.6 is 11.8 Å². The number of rotatable bonds is 5. The fourth-order valence-corrected chi connectivity index (χ4v) is 4.65. The summed E-state index contributed by atoms with van der Waals surface area (Å²) in [6, 6.07) is 27.0. The minimum atomic E-state index is -1.53. The monoisotopic (exact) mass is 429 g/mol. The number of hydrogen-bond donors (Lipinski definition) is 1. The van der Waals surface area contributed by atoms with Crippen molar-refractivity contribution in [2.75, 3.05) is 11.9 Å². The second kappa shape index (κ2) is 8.78. The number of amides is 2. The number of benzene rings is 3. The Morgan fingerprint density at radius 1 is 0.968 bits per heavy atom. The lowest BCUT2D eigenvalue weighted by Gasteiger charge is -2.31. The van der Waals surface area contributed by atoms with Gasteiger partial charge < -0.3 is 10.2 Å². The Morgan fingerprint density at radius 3 is 2.26 bits per heavy atom. The molecule has 1 atom stereocenters. The van der Waals surface area contributed by atoms with Gasteiger partial charge in [-0.25, -0.2) is 4.99 Å². The summed E-state index contributed by atoms with van der Waals surface area (Å²) >= 11 is 1.24. The molecule has 0 radical (unpaired) electrons. The van der Waals surface area contributed by atoms with E-state index in [-0.39, 0.29) is 18.2 Å². The lowest BCUT2D eigenvalue weighted by atomic mass is 10.0. The van der Waals surface area contributed by atoms with E-state index < -0.39 is 4.99 Å². The van der Waals surface area contributed by atoms with Gasteiger partial charge in [-0.3, -0.25) is 9.59 Å². The molecule has 3 aromatic rings. The van der Waals surface area contributed by atoms with E-state index in [0.29, 0.717) is 5.71 Å². The van der Waals surface area contributed by atoms with Crippen molar-refractivity contribution in [3.63, 3.8) is 0 Å². The quantitative estimate of drug-likeness (QED) is 0.609. The Kier molecular flexibility index (Phi) is 5.91. The summed E-state index contributed by atoms with van der Waals surface area (Å²) in [4.78, 5) is 32.3. The van der Waals surface area contributed by atoms with E-state index in [4.69, 9.17) is 4.99 Å². The first kappa shape index (κ1) is 20.9. The van der Waals surface area contributed by atoms with E-state index in [9.17, 15) is 9.59 Å². The minimum absolute atomic E-state index is 0.243. The molecule has 0 bridgehead atoms. The molecule has 31 heavy (non-hydrogen) atoms. The number of nitrogens with one attached hydrogen (secondary N) is 1. The summed E-state index contributed by atoms with van der Waals surface area (Å²) in [7, 11) is 1.73. The number of fused-ring (bicyclic) bond motifs is 1. The highest BCUT2D eigenvalue weighted by molar-refractivity contribution is 8.01. The van der Waals surface area contributed by atoms with Crippen LogP contribution in [0.25, 0.3) is 0 Å². The predicted molar refractivity (Wildman–Crippen MR) is 125 cm³/mol. The van der Waals surface area contributed by atoms with Gasteiger partial charge in [0.2, 0.25) is 5.91 Å². The molecule has 1 aliphatic heterocycles. The maximum absolute atomic E-state index is 13.8. The van der Waals surface area contributed by atoms with Crippen LogP contribution in [0.2, 0.25) is 0 Å². The molecule has 5 nitrogen and oxygen atoms in total. The summed E-state index contributed by atoms with van der Waals surface area (Å²) in [5.41, 5.74) is 3.12. The molecule has 3 aromatic carbocycles. The highest BCUT2D eigenvalue weighted by atomic mass is 32.2. The first-order chi connectivity index (χ1) is 15.0. The number of nitrogens with zero attached hydrogens (tertiary/aromatic N) is 2. The zero-order valence-electron chi connectivity index (χ0n) is 17.4. The number of hydrogen-bond acceptors (Lipinski definition) is 4. The summed E-state index contributed by atoms with van der Waals surface area (Å²) in [5.74, 6) is -0.547. The van der Waals surface area contributed by atoms with Crippen LogP contribution in [0.1, 0.15) is 24.5 Å². The maximum Gasteiger partial charge on any atom is 0.286 e. The van der Waals surface area contributed by atoms with Crippen molar-refractivity contribution in [3.05, 3.63) is 96.1 Å². The molecule has 0 unspecified atom stereocenters. The normalized spacial score (nSPS) is 18.1. The largest absolute Gasteiger partial charge is 0.315 e. The van der Waals surface area contributed by atoms with Crippen molar-refractivity contribution < 1.29 is 9.59 Å². The number of carbonyl (C=O) groups is 2. The molecule has 0 spiro atoms. The van der Waals surface area contributed by atoms with Gasteiger partial charge in [-0.1, -0.05) is 85.4 Å². The molecule has 0 aliphatic carbocycles. The van der Waals surface area contributed by atoms with Crippen LogP contribution in [-0.4, -0.2) is 29.6 Å². The average Bonchev–Trinajstić information content (AvgIpc) is 2.90. The zero-order valence-corrected chi connectivity index (χ0v) is 18.2. The SMILES string of the molecule is CCC(=O)N[C@@]1(Sc2ccccc2)N=C(c2ccccc2)c2ccccc2N(C)C1=O. The van der Waals surface area contributed by atoms with E-state index in [1.54, 1.807) is 18.9 Å². The van der Waals surface area contributed by atoms with Gasteiger partial charge in [0.1, 0.15) is 0 Å². The van der Waals surface area contributed by atoms with Crippen molar-refractivity contribution in [1.29, 1.82) is 0 Å². The second-order valence-corrected chi connectivity index (χ2v) is 8.43. The van der Waals surface area contributed by atoms with E-state index in [0.717, 1.165) is 21.7 Å². The van der Waals surface area contributed by atoms with E-state index in [1.807, 2.05) is 84.9 Å². The summed E-state index contributed by atoms with van der Waals surface area (Å²) in [6.07, 6.45) is 0.247. The van der Waals surface area contributed by atoms with Crippen LogP contribution in [0.5, 0.6) is 0 Å². The topological polar surface area (TPSA) is 61.8 Å². The smallest absolute Gasteiger partial charge is 0.286 e. The Morgan fingerprint density at radius 2 is 1.58 bits per heavy atom. The first-order valence-corrected chi connectivity index (χ1v) is 10.9. The lowest BCUT2D eigenvalue weighted by Crippen LogP contribution is -2.55. The zero-order chi connectivity index (χ0) is 21.8. The Balaban J connectivity index is 1.98.